The average molecular weight is 486 g/mol. The van der Waals surface area contributed by atoms with Gasteiger partial charge in [0, 0.05) is 23.2 Å². The van der Waals surface area contributed by atoms with Crippen LogP contribution in [0.2, 0.25) is 5.15 Å². The molecule has 174 valence electrons. The summed E-state index contributed by atoms with van der Waals surface area (Å²) in [6.07, 6.45) is 3.19. The SMILES string of the molecule is COc1cc2nccc(Oc3ccc4c(C(=O)Nc5ccc(Cl)nc5)cccc4c3)c2cc1OC. The summed E-state index contributed by atoms with van der Waals surface area (Å²) in [4.78, 5) is 21.3. The molecule has 0 aliphatic heterocycles. The first-order valence-electron chi connectivity index (χ1n) is 10.7. The minimum absolute atomic E-state index is 0.241. The molecule has 0 fully saturated rings. The Morgan fingerprint density at radius 3 is 2.46 bits per heavy atom. The summed E-state index contributed by atoms with van der Waals surface area (Å²) < 4.78 is 17.0. The predicted molar refractivity (Wildman–Crippen MR) is 136 cm³/mol. The minimum atomic E-state index is -0.241. The number of nitrogens with zero attached hydrogens (tertiary/aromatic N) is 2. The first-order chi connectivity index (χ1) is 17.1. The molecule has 0 radical (unpaired) electrons. The van der Waals surface area contributed by atoms with E-state index >= 15 is 0 Å². The monoisotopic (exact) mass is 485 g/mol. The summed E-state index contributed by atoms with van der Waals surface area (Å²) in [6.45, 7) is 0. The van der Waals surface area contributed by atoms with E-state index in [1.54, 1.807) is 44.7 Å². The van der Waals surface area contributed by atoms with Crippen LogP contribution in [-0.2, 0) is 0 Å². The Balaban J connectivity index is 1.46. The van der Waals surface area contributed by atoms with Crippen molar-refractivity contribution in [3.05, 3.63) is 89.8 Å². The van der Waals surface area contributed by atoms with E-state index in [-0.39, 0.29) is 5.91 Å². The van der Waals surface area contributed by atoms with Crippen LogP contribution in [0.15, 0.2) is 79.1 Å². The van der Waals surface area contributed by atoms with Crippen LogP contribution in [0.25, 0.3) is 21.7 Å². The third-order valence-electron chi connectivity index (χ3n) is 5.52. The zero-order chi connectivity index (χ0) is 24.4. The molecule has 0 atom stereocenters. The zero-order valence-electron chi connectivity index (χ0n) is 18.9. The number of pyridine rings is 2. The average Bonchev–Trinajstić information content (AvgIpc) is 2.88. The summed E-state index contributed by atoms with van der Waals surface area (Å²) in [7, 11) is 3.17. The normalized spacial score (nSPS) is 10.8. The molecule has 5 rings (SSSR count). The van der Waals surface area contributed by atoms with Gasteiger partial charge in [-0.3, -0.25) is 9.78 Å². The lowest BCUT2D eigenvalue weighted by molar-refractivity contribution is 0.102. The molecule has 8 heteroatoms. The van der Waals surface area contributed by atoms with Gasteiger partial charge < -0.3 is 19.5 Å². The molecule has 5 aromatic rings. The van der Waals surface area contributed by atoms with E-state index in [4.69, 9.17) is 25.8 Å². The van der Waals surface area contributed by atoms with Crippen LogP contribution in [0.3, 0.4) is 0 Å². The molecule has 0 saturated heterocycles. The van der Waals surface area contributed by atoms with Crippen molar-refractivity contribution in [1.29, 1.82) is 0 Å². The number of ether oxygens (including phenoxy) is 3. The van der Waals surface area contributed by atoms with E-state index < -0.39 is 0 Å². The van der Waals surface area contributed by atoms with Crippen molar-refractivity contribution in [2.24, 2.45) is 0 Å². The van der Waals surface area contributed by atoms with Crippen molar-refractivity contribution >= 4 is 44.9 Å². The highest BCUT2D eigenvalue weighted by Crippen LogP contribution is 2.37. The van der Waals surface area contributed by atoms with Gasteiger partial charge >= 0.3 is 0 Å². The number of anilines is 1. The molecular formula is C27H20ClN3O4. The number of hydrogen-bond acceptors (Lipinski definition) is 6. The van der Waals surface area contributed by atoms with Gasteiger partial charge in [0.05, 0.1) is 31.6 Å². The minimum Gasteiger partial charge on any atom is -0.493 e. The second-order valence-electron chi connectivity index (χ2n) is 7.65. The van der Waals surface area contributed by atoms with Crippen LogP contribution in [-0.4, -0.2) is 30.1 Å². The molecule has 0 bridgehead atoms. The number of hydrogen-bond donors (Lipinski definition) is 1. The Labute approximate surface area is 206 Å². The number of aromatic nitrogens is 2. The van der Waals surface area contributed by atoms with Gasteiger partial charge in [0.2, 0.25) is 0 Å². The number of halogens is 1. The van der Waals surface area contributed by atoms with E-state index in [1.165, 1.54) is 6.20 Å². The number of rotatable bonds is 6. The molecule has 0 unspecified atom stereocenters. The lowest BCUT2D eigenvalue weighted by atomic mass is 10.0. The van der Waals surface area contributed by atoms with Crippen LogP contribution in [0.1, 0.15) is 10.4 Å². The molecule has 0 saturated carbocycles. The smallest absolute Gasteiger partial charge is 0.256 e. The molecule has 0 spiro atoms. The van der Waals surface area contributed by atoms with Crippen molar-refractivity contribution < 1.29 is 19.0 Å². The van der Waals surface area contributed by atoms with Crippen LogP contribution < -0.4 is 19.5 Å². The van der Waals surface area contributed by atoms with Crippen LogP contribution in [0.4, 0.5) is 5.69 Å². The van der Waals surface area contributed by atoms with Gasteiger partial charge in [0.25, 0.3) is 5.91 Å². The highest BCUT2D eigenvalue weighted by Gasteiger charge is 2.14. The standard InChI is InChI=1S/C27H20ClN3O4/c1-33-24-13-21-22(14-25(24)34-2)29-11-10-23(21)35-18-7-8-19-16(12-18)4-3-5-20(19)27(32)31-17-6-9-26(28)30-15-17/h3-15H,1-2H3,(H,31,32). The second-order valence-corrected chi connectivity index (χ2v) is 8.03. The predicted octanol–water partition coefficient (Wildman–Crippen LogP) is 6.50. The lowest BCUT2D eigenvalue weighted by Gasteiger charge is -2.13. The quantitative estimate of drug-likeness (QED) is 0.276. The fourth-order valence-corrected chi connectivity index (χ4v) is 3.95. The number of carbonyl (C=O) groups excluding carboxylic acids is 1. The van der Waals surface area contributed by atoms with Gasteiger partial charge in [0.15, 0.2) is 11.5 Å². The summed E-state index contributed by atoms with van der Waals surface area (Å²) in [5, 5.41) is 5.66. The van der Waals surface area contributed by atoms with Crippen LogP contribution >= 0.6 is 11.6 Å². The number of nitrogens with one attached hydrogen (secondary N) is 1. The molecule has 1 amide bonds. The molecule has 1 N–H and O–H groups in total. The number of amides is 1. The summed E-state index contributed by atoms with van der Waals surface area (Å²) in [6, 6.07) is 19.9. The Bertz CT molecular complexity index is 1550. The van der Waals surface area contributed by atoms with Crippen LogP contribution in [0.5, 0.6) is 23.0 Å². The van der Waals surface area contributed by atoms with E-state index in [0.29, 0.717) is 39.4 Å². The second kappa shape index (κ2) is 9.48. The maximum absolute atomic E-state index is 12.9. The summed E-state index contributed by atoms with van der Waals surface area (Å²) >= 11 is 5.83. The first-order valence-corrected chi connectivity index (χ1v) is 11.1. The van der Waals surface area contributed by atoms with Crippen molar-refractivity contribution in [2.45, 2.75) is 0 Å². The van der Waals surface area contributed by atoms with Gasteiger partial charge in [-0.2, -0.15) is 0 Å². The van der Waals surface area contributed by atoms with Crippen molar-refractivity contribution in [3.8, 4) is 23.0 Å². The molecule has 7 nitrogen and oxygen atoms in total. The van der Waals surface area contributed by atoms with E-state index in [9.17, 15) is 4.79 Å². The third kappa shape index (κ3) is 4.54. The molecule has 2 heterocycles. The summed E-state index contributed by atoms with van der Waals surface area (Å²) in [5.74, 6) is 2.19. The molecule has 0 aliphatic rings. The number of carbonyl (C=O) groups is 1. The Morgan fingerprint density at radius 2 is 1.69 bits per heavy atom. The fraction of sp³-hybridized carbons (Fsp3) is 0.0741. The highest BCUT2D eigenvalue weighted by molar-refractivity contribution is 6.29. The molecule has 2 aromatic heterocycles. The van der Waals surface area contributed by atoms with E-state index in [1.807, 2.05) is 42.5 Å². The Morgan fingerprint density at radius 1 is 0.857 bits per heavy atom. The zero-order valence-corrected chi connectivity index (χ0v) is 19.7. The number of methoxy groups -OCH3 is 2. The van der Waals surface area contributed by atoms with Gasteiger partial charge in [-0.15, -0.1) is 0 Å². The first kappa shape index (κ1) is 22.4. The van der Waals surface area contributed by atoms with Gasteiger partial charge in [-0.05, 0) is 59.3 Å². The molecule has 35 heavy (non-hydrogen) atoms. The van der Waals surface area contributed by atoms with Gasteiger partial charge in [-0.1, -0.05) is 23.7 Å². The third-order valence-corrected chi connectivity index (χ3v) is 5.74. The van der Waals surface area contributed by atoms with Crippen molar-refractivity contribution in [2.75, 3.05) is 19.5 Å². The van der Waals surface area contributed by atoms with Crippen molar-refractivity contribution in [1.82, 2.24) is 9.97 Å². The molecular weight excluding hydrogens is 466 g/mol. The van der Waals surface area contributed by atoms with Crippen molar-refractivity contribution in [3.63, 3.8) is 0 Å². The van der Waals surface area contributed by atoms with Gasteiger partial charge in [0.1, 0.15) is 16.7 Å². The topological polar surface area (TPSA) is 82.6 Å². The lowest BCUT2D eigenvalue weighted by Crippen LogP contribution is -2.12. The summed E-state index contributed by atoms with van der Waals surface area (Å²) in [5.41, 5.74) is 1.82. The number of benzene rings is 3. The maximum Gasteiger partial charge on any atom is 0.256 e. The van der Waals surface area contributed by atoms with E-state index in [2.05, 4.69) is 15.3 Å². The number of fused-ring (bicyclic) bond motifs is 2. The van der Waals surface area contributed by atoms with E-state index in [0.717, 1.165) is 21.7 Å². The largest absolute Gasteiger partial charge is 0.493 e. The Hall–Kier alpha value is -4.36. The van der Waals surface area contributed by atoms with Crippen LogP contribution in [0, 0.1) is 0 Å². The fourth-order valence-electron chi connectivity index (χ4n) is 3.83. The maximum atomic E-state index is 12.9. The van der Waals surface area contributed by atoms with Gasteiger partial charge in [-0.25, -0.2) is 4.98 Å². The highest BCUT2D eigenvalue weighted by atomic mass is 35.5. The molecule has 0 aliphatic carbocycles. The Kier molecular flexibility index (Phi) is 6.08. The molecule has 3 aromatic carbocycles.